The molecule has 0 bridgehead atoms. The van der Waals surface area contributed by atoms with Crippen LogP contribution in [-0.4, -0.2) is 30.2 Å². The van der Waals surface area contributed by atoms with Crippen molar-refractivity contribution in [1.29, 1.82) is 0 Å². The SMILES string of the molecule is CNCc1cc(S(=O)(=O)Nc2nncs2)cn1C(C)C. The second-order valence-electron chi connectivity index (χ2n) is 4.55. The van der Waals surface area contributed by atoms with E-state index in [1.807, 2.05) is 25.5 Å². The summed E-state index contributed by atoms with van der Waals surface area (Å²) in [6.45, 7) is 4.62. The van der Waals surface area contributed by atoms with Crippen LogP contribution in [0.5, 0.6) is 0 Å². The Balaban J connectivity index is 2.34. The summed E-state index contributed by atoms with van der Waals surface area (Å²) in [6, 6.07) is 1.85. The molecular weight excluding hydrogens is 298 g/mol. The highest BCUT2D eigenvalue weighted by Gasteiger charge is 2.20. The number of nitrogens with one attached hydrogen (secondary N) is 2. The number of hydrogen-bond donors (Lipinski definition) is 2. The largest absolute Gasteiger partial charge is 0.346 e. The first kappa shape index (κ1) is 14.9. The molecule has 20 heavy (non-hydrogen) atoms. The van der Waals surface area contributed by atoms with Crippen LogP contribution >= 0.6 is 11.3 Å². The lowest BCUT2D eigenvalue weighted by Gasteiger charge is -2.11. The van der Waals surface area contributed by atoms with Crippen molar-refractivity contribution in [2.24, 2.45) is 0 Å². The number of nitrogens with zero attached hydrogens (tertiary/aromatic N) is 3. The minimum Gasteiger partial charge on any atom is -0.346 e. The molecule has 0 unspecified atom stereocenters. The van der Waals surface area contributed by atoms with E-state index in [-0.39, 0.29) is 16.1 Å². The summed E-state index contributed by atoms with van der Waals surface area (Å²) >= 11 is 1.14. The van der Waals surface area contributed by atoms with E-state index in [1.54, 1.807) is 12.3 Å². The van der Waals surface area contributed by atoms with E-state index < -0.39 is 10.0 Å². The van der Waals surface area contributed by atoms with Gasteiger partial charge in [0.05, 0.1) is 0 Å². The monoisotopic (exact) mass is 315 g/mol. The van der Waals surface area contributed by atoms with Gasteiger partial charge in [0.15, 0.2) is 0 Å². The first-order chi connectivity index (χ1) is 9.44. The number of anilines is 1. The fourth-order valence-electron chi connectivity index (χ4n) is 1.84. The van der Waals surface area contributed by atoms with Crippen LogP contribution in [0.3, 0.4) is 0 Å². The highest BCUT2D eigenvalue weighted by molar-refractivity contribution is 7.93. The van der Waals surface area contributed by atoms with Crippen molar-refractivity contribution in [3.63, 3.8) is 0 Å². The van der Waals surface area contributed by atoms with E-state index in [1.165, 1.54) is 5.51 Å². The Labute approximate surface area is 122 Å². The molecule has 7 nitrogen and oxygen atoms in total. The molecule has 0 aliphatic rings. The minimum atomic E-state index is -3.63. The molecule has 2 aromatic heterocycles. The van der Waals surface area contributed by atoms with Crippen molar-refractivity contribution in [3.8, 4) is 0 Å². The lowest BCUT2D eigenvalue weighted by molar-refractivity contribution is 0.562. The van der Waals surface area contributed by atoms with Gasteiger partial charge in [-0.25, -0.2) is 8.42 Å². The number of hydrogen-bond acceptors (Lipinski definition) is 6. The Morgan fingerprint density at radius 3 is 2.75 bits per heavy atom. The van der Waals surface area contributed by atoms with Gasteiger partial charge in [-0.1, -0.05) is 11.3 Å². The van der Waals surface area contributed by atoms with E-state index in [0.717, 1.165) is 17.0 Å². The predicted molar refractivity (Wildman–Crippen MR) is 78.3 cm³/mol. The van der Waals surface area contributed by atoms with Crippen LogP contribution in [0, 0.1) is 0 Å². The molecule has 0 saturated heterocycles. The van der Waals surface area contributed by atoms with Crippen LogP contribution in [0.4, 0.5) is 5.13 Å². The smallest absolute Gasteiger partial charge is 0.265 e. The first-order valence-corrected chi connectivity index (χ1v) is 8.44. The van der Waals surface area contributed by atoms with Crippen molar-refractivity contribution in [1.82, 2.24) is 20.1 Å². The highest BCUT2D eigenvalue weighted by atomic mass is 32.2. The van der Waals surface area contributed by atoms with Crippen molar-refractivity contribution in [2.75, 3.05) is 11.8 Å². The number of sulfonamides is 1. The molecule has 2 aromatic rings. The third kappa shape index (κ3) is 3.17. The second kappa shape index (κ2) is 5.90. The van der Waals surface area contributed by atoms with Gasteiger partial charge >= 0.3 is 0 Å². The molecule has 0 aromatic carbocycles. The van der Waals surface area contributed by atoms with Gasteiger partial charge in [0, 0.05) is 24.5 Å². The summed E-state index contributed by atoms with van der Waals surface area (Å²) in [5.41, 5.74) is 2.39. The van der Waals surface area contributed by atoms with Gasteiger partial charge in [-0.3, -0.25) is 4.72 Å². The van der Waals surface area contributed by atoms with Crippen LogP contribution in [0.2, 0.25) is 0 Å². The molecule has 0 radical (unpaired) electrons. The Kier molecular flexibility index (Phi) is 4.41. The van der Waals surface area contributed by atoms with Gasteiger partial charge in [0.1, 0.15) is 10.4 Å². The zero-order chi connectivity index (χ0) is 14.8. The van der Waals surface area contributed by atoms with Gasteiger partial charge in [-0.15, -0.1) is 10.2 Å². The maximum atomic E-state index is 12.3. The maximum Gasteiger partial charge on any atom is 0.265 e. The summed E-state index contributed by atoms with van der Waals surface area (Å²) < 4.78 is 28.9. The van der Waals surface area contributed by atoms with Crippen LogP contribution in [0.15, 0.2) is 22.7 Å². The molecule has 0 aliphatic heterocycles. The molecule has 9 heteroatoms. The molecule has 2 rings (SSSR count). The lowest BCUT2D eigenvalue weighted by Crippen LogP contribution is -2.12. The van der Waals surface area contributed by atoms with E-state index in [2.05, 4.69) is 20.2 Å². The zero-order valence-corrected chi connectivity index (χ0v) is 13.1. The summed E-state index contributed by atoms with van der Waals surface area (Å²) in [5, 5.41) is 10.6. The normalized spacial score (nSPS) is 12.0. The molecule has 2 heterocycles. The summed E-state index contributed by atoms with van der Waals surface area (Å²) in [5.74, 6) is 0. The van der Waals surface area contributed by atoms with E-state index in [0.29, 0.717) is 6.54 Å². The molecule has 0 fully saturated rings. The van der Waals surface area contributed by atoms with Crippen molar-refractivity contribution in [2.45, 2.75) is 31.3 Å². The zero-order valence-electron chi connectivity index (χ0n) is 11.5. The Hall–Kier alpha value is -1.45. The maximum absolute atomic E-state index is 12.3. The molecule has 2 N–H and O–H groups in total. The third-order valence-corrected chi connectivity index (χ3v) is 4.75. The summed E-state index contributed by atoms with van der Waals surface area (Å²) in [4.78, 5) is 0.228. The Bertz CT molecular complexity index is 661. The van der Waals surface area contributed by atoms with Gasteiger partial charge in [0.2, 0.25) is 5.13 Å². The van der Waals surface area contributed by atoms with Gasteiger partial charge in [-0.2, -0.15) is 0 Å². The number of aromatic nitrogens is 3. The molecule has 110 valence electrons. The number of rotatable bonds is 6. The van der Waals surface area contributed by atoms with Crippen molar-refractivity contribution >= 4 is 26.5 Å². The second-order valence-corrected chi connectivity index (χ2v) is 7.06. The molecule has 0 aliphatic carbocycles. The Morgan fingerprint density at radius 2 is 2.20 bits per heavy atom. The highest BCUT2D eigenvalue weighted by Crippen LogP contribution is 2.22. The Morgan fingerprint density at radius 1 is 1.45 bits per heavy atom. The molecule has 0 spiro atoms. The quantitative estimate of drug-likeness (QED) is 0.842. The third-order valence-electron chi connectivity index (χ3n) is 2.71. The molecule has 0 atom stereocenters. The summed E-state index contributed by atoms with van der Waals surface area (Å²) in [6.07, 6.45) is 1.64. The summed E-state index contributed by atoms with van der Waals surface area (Å²) in [7, 11) is -1.80. The van der Waals surface area contributed by atoms with Crippen LogP contribution < -0.4 is 10.0 Å². The standard InChI is InChI=1S/C11H17N5O2S2/c1-8(2)16-6-10(4-9(16)5-12-3)20(17,18)15-11-14-13-7-19-11/h4,6-8,12H,5H2,1-3H3,(H,14,15). The topological polar surface area (TPSA) is 88.9 Å². The van der Waals surface area contributed by atoms with E-state index in [9.17, 15) is 8.42 Å². The minimum absolute atomic E-state index is 0.184. The van der Waals surface area contributed by atoms with Crippen LogP contribution in [0.1, 0.15) is 25.6 Å². The van der Waals surface area contributed by atoms with Gasteiger partial charge in [0.25, 0.3) is 10.0 Å². The fourth-order valence-corrected chi connectivity index (χ4v) is 3.58. The van der Waals surface area contributed by atoms with Crippen LogP contribution in [-0.2, 0) is 16.6 Å². The predicted octanol–water partition coefficient (Wildman–Crippen LogP) is 1.44. The van der Waals surface area contributed by atoms with Crippen LogP contribution in [0.25, 0.3) is 0 Å². The van der Waals surface area contributed by atoms with Gasteiger partial charge < -0.3 is 9.88 Å². The van der Waals surface area contributed by atoms with Crippen molar-refractivity contribution in [3.05, 3.63) is 23.5 Å². The lowest BCUT2D eigenvalue weighted by atomic mass is 10.3. The fraction of sp³-hybridized carbons (Fsp3) is 0.455. The van der Waals surface area contributed by atoms with Gasteiger partial charge in [-0.05, 0) is 27.0 Å². The van der Waals surface area contributed by atoms with Crippen molar-refractivity contribution < 1.29 is 8.42 Å². The van der Waals surface area contributed by atoms with E-state index >= 15 is 0 Å². The average molecular weight is 315 g/mol. The molecule has 0 saturated carbocycles. The first-order valence-electron chi connectivity index (χ1n) is 6.08. The average Bonchev–Trinajstić information content (AvgIpc) is 2.98. The molecule has 0 amide bonds. The van der Waals surface area contributed by atoms with E-state index in [4.69, 9.17) is 0 Å². The molecular formula is C11H17N5O2S2.